The highest BCUT2D eigenvalue weighted by Gasteiger charge is 2.28. The van der Waals surface area contributed by atoms with Crippen LogP contribution in [0.15, 0.2) is 54.6 Å². The summed E-state index contributed by atoms with van der Waals surface area (Å²) in [4.78, 5) is 12.9. The average Bonchev–Trinajstić information content (AvgIpc) is 2.92. The summed E-state index contributed by atoms with van der Waals surface area (Å²) in [6.07, 6.45) is 15.2. The summed E-state index contributed by atoms with van der Waals surface area (Å²) in [7, 11) is 4.36. The molecule has 0 aliphatic carbocycles. The quantitative estimate of drug-likeness (QED) is 0.0905. The number of hydrogen-bond donors (Lipinski definition) is 0. The molecule has 218 valence electrons. The fraction of sp³-hybridized carbons (Fsp3) is 0.629. The Morgan fingerprint density at radius 3 is 2.05 bits per heavy atom. The van der Waals surface area contributed by atoms with E-state index < -0.39 is 0 Å². The SMILES string of the molecule is CCCCCCCCCCCCc1cccc(OC(C)COC(=O)C(CC)C[N+](C)(C)Cc2ccccc2)c1. The number of ether oxygens (including phenoxy) is 2. The Labute approximate surface area is 239 Å². The Hall–Kier alpha value is -2.33. The zero-order valence-corrected chi connectivity index (χ0v) is 25.6. The van der Waals surface area contributed by atoms with E-state index in [4.69, 9.17) is 9.47 Å². The highest BCUT2D eigenvalue weighted by atomic mass is 16.6. The number of quaternary nitrogens is 1. The molecule has 2 atom stereocenters. The van der Waals surface area contributed by atoms with Crippen LogP contribution in [0.25, 0.3) is 0 Å². The van der Waals surface area contributed by atoms with Crippen molar-refractivity contribution in [1.82, 2.24) is 0 Å². The lowest BCUT2D eigenvalue weighted by Gasteiger charge is -2.32. The van der Waals surface area contributed by atoms with Gasteiger partial charge in [0.25, 0.3) is 0 Å². The van der Waals surface area contributed by atoms with Gasteiger partial charge < -0.3 is 14.0 Å². The van der Waals surface area contributed by atoms with Gasteiger partial charge in [0.05, 0.1) is 20.6 Å². The molecule has 0 fully saturated rings. The van der Waals surface area contributed by atoms with Crippen LogP contribution >= 0.6 is 0 Å². The van der Waals surface area contributed by atoms with Crippen molar-refractivity contribution in [2.45, 2.75) is 110 Å². The number of unbranched alkanes of at least 4 members (excludes halogenated alkanes) is 9. The number of carbonyl (C=O) groups excluding carboxylic acids is 1. The molecular formula is C35H56NO3+. The standard InChI is InChI=1S/C35H56NO3/c1-6-8-9-10-11-12-13-14-15-17-21-31-24-20-25-34(26-31)39-30(3)29-38-35(37)33(7-2)28-36(4,5)27-32-22-18-16-19-23-32/h16,18-20,22-26,30,33H,6-15,17,21,27-29H2,1-5H3/q+1. The zero-order valence-electron chi connectivity index (χ0n) is 25.6. The van der Waals surface area contributed by atoms with E-state index in [2.05, 4.69) is 70.4 Å². The van der Waals surface area contributed by atoms with E-state index in [0.717, 1.165) is 36.2 Å². The molecule has 0 heterocycles. The molecule has 2 rings (SSSR count). The molecular weight excluding hydrogens is 482 g/mol. The summed E-state index contributed by atoms with van der Waals surface area (Å²) < 4.78 is 12.6. The third-order valence-electron chi connectivity index (χ3n) is 7.51. The van der Waals surface area contributed by atoms with Crippen LogP contribution in [0.5, 0.6) is 5.75 Å². The van der Waals surface area contributed by atoms with Crippen LogP contribution in [0.1, 0.15) is 103 Å². The van der Waals surface area contributed by atoms with Gasteiger partial charge in [0.1, 0.15) is 30.9 Å². The number of carbonyl (C=O) groups is 1. The molecule has 0 N–H and O–H groups in total. The number of aryl methyl sites for hydroxylation is 1. The first kappa shape index (κ1) is 32.9. The molecule has 0 aliphatic rings. The Balaban J connectivity index is 1.68. The predicted octanol–water partition coefficient (Wildman–Crippen LogP) is 8.76. The number of rotatable bonds is 21. The fourth-order valence-electron chi connectivity index (χ4n) is 5.28. The molecule has 4 heteroatoms. The van der Waals surface area contributed by atoms with Gasteiger partial charge in [0, 0.05) is 5.56 Å². The molecule has 2 aromatic carbocycles. The first-order valence-corrected chi connectivity index (χ1v) is 15.6. The van der Waals surface area contributed by atoms with Crippen molar-refractivity contribution in [3.05, 3.63) is 65.7 Å². The van der Waals surface area contributed by atoms with E-state index in [0.29, 0.717) is 0 Å². The molecule has 0 aliphatic heterocycles. The number of nitrogens with zero attached hydrogens (tertiary/aromatic N) is 1. The van der Waals surface area contributed by atoms with Crippen LogP contribution in [0, 0.1) is 5.92 Å². The Morgan fingerprint density at radius 2 is 1.41 bits per heavy atom. The number of benzene rings is 2. The topological polar surface area (TPSA) is 35.5 Å². The average molecular weight is 539 g/mol. The van der Waals surface area contributed by atoms with Crippen LogP contribution in [-0.4, -0.2) is 43.8 Å². The van der Waals surface area contributed by atoms with Crippen molar-refractivity contribution in [3.8, 4) is 5.75 Å². The molecule has 2 aromatic rings. The van der Waals surface area contributed by atoms with Gasteiger partial charge in [0.2, 0.25) is 0 Å². The highest BCUT2D eigenvalue weighted by Crippen LogP contribution is 2.19. The molecule has 0 radical (unpaired) electrons. The van der Waals surface area contributed by atoms with Crippen LogP contribution < -0.4 is 4.74 Å². The lowest BCUT2D eigenvalue weighted by atomic mass is 10.0. The normalized spacial score (nSPS) is 13.2. The second-order valence-corrected chi connectivity index (χ2v) is 12.0. The van der Waals surface area contributed by atoms with Gasteiger partial charge in [-0.05, 0) is 43.9 Å². The maximum Gasteiger partial charge on any atom is 0.314 e. The minimum Gasteiger partial charge on any atom is -0.487 e. The van der Waals surface area contributed by atoms with Gasteiger partial charge in [-0.15, -0.1) is 0 Å². The third-order valence-corrected chi connectivity index (χ3v) is 7.51. The first-order chi connectivity index (χ1) is 18.8. The van der Waals surface area contributed by atoms with Crippen molar-refractivity contribution in [3.63, 3.8) is 0 Å². The second-order valence-electron chi connectivity index (χ2n) is 12.0. The zero-order chi connectivity index (χ0) is 28.3. The van der Waals surface area contributed by atoms with E-state index in [1.54, 1.807) is 0 Å². The van der Waals surface area contributed by atoms with Crippen molar-refractivity contribution in [1.29, 1.82) is 0 Å². The van der Waals surface area contributed by atoms with Crippen LogP contribution in [0.4, 0.5) is 0 Å². The largest absolute Gasteiger partial charge is 0.487 e. The molecule has 0 saturated heterocycles. The van der Waals surface area contributed by atoms with E-state index >= 15 is 0 Å². The third kappa shape index (κ3) is 14.6. The Morgan fingerprint density at radius 1 is 0.795 bits per heavy atom. The molecule has 0 bridgehead atoms. The predicted molar refractivity (Wildman–Crippen MR) is 164 cm³/mol. The van der Waals surface area contributed by atoms with E-state index in [-0.39, 0.29) is 24.6 Å². The van der Waals surface area contributed by atoms with Gasteiger partial charge in [-0.2, -0.15) is 0 Å². The number of hydrogen-bond acceptors (Lipinski definition) is 3. The van der Waals surface area contributed by atoms with Crippen LogP contribution in [0.2, 0.25) is 0 Å². The molecule has 0 aromatic heterocycles. The lowest BCUT2D eigenvalue weighted by Crippen LogP contribution is -2.45. The van der Waals surface area contributed by atoms with Crippen molar-refractivity contribution in [2.24, 2.45) is 5.92 Å². The van der Waals surface area contributed by atoms with E-state index in [9.17, 15) is 4.79 Å². The fourth-order valence-corrected chi connectivity index (χ4v) is 5.28. The smallest absolute Gasteiger partial charge is 0.314 e. The van der Waals surface area contributed by atoms with Gasteiger partial charge in [-0.1, -0.05) is 114 Å². The molecule has 0 spiro atoms. The van der Waals surface area contributed by atoms with E-state index in [1.807, 2.05) is 19.1 Å². The molecule has 39 heavy (non-hydrogen) atoms. The minimum atomic E-state index is -0.189. The van der Waals surface area contributed by atoms with Crippen LogP contribution in [-0.2, 0) is 22.5 Å². The molecule has 2 unspecified atom stereocenters. The summed E-state index contributed by atoms with van der Waals surface area (Å²) in [5.41, 5.74) is 2.60. The van der Waals surface area contributed by atoms with Gasteiger partial charge in [0.15, 0.2) is 0 Å². The van der Waals surface area contributed by atoms with Crippen molar-refractivity contribution in [2.75, 3.05) is 27.2 Å². The molecule has 0 amide bonds. The van der Waals surface area contributed by atoms with Crippen molar-refractivity contribution >= 4 is 5.97 Å². The Kier molecular flexibility index (Phi) is 15.9. The lowest BCUT2D eigenvalue weighted by molar-refractivity contribution is -0.906. The first-order valence-electron chi connectivity index (χ1n) is 15.6. The van der Waals surface area contributed by atoms with Gasteiger partial charge in [-0.3, -0.25) is 4.79 Å². The summed E-state index contributed by atoms with van der Waals surface area (Å²) in [5, 5.41) is 0. The molecule has 0 saturated carbocycles. The summed E-state index contributed by atoms with van der Waals surface area (Å²) in [5.74, 6) is 0.609. The summed E-state index contributed by atoms with van der Waals surface area (Å²) >= 11 is 0. The maximum absolute atomic E-state index is 12.9. The van der Waals surface area contributed by atoms with E-state index in [1.165, 1.54) is 75.3 Å². The minimum absolute atomic E-state index is 0.123. The number of esters is 1. The molecule has 4 nitrogen and oxygen atoms in total. The second kappa shape index (κ2) is 18.9. The monoisotopic (exact) mass is 538 g/mol. The van der Waals surface area contributed by atoms with Gasteiger partial charge >= 0.3 is 5.97 Å². The highest BCUT2D eigenvalue weighted by molar-refractivity contribution is 5.72. The van der Waals surface area contributed by atoms with Crippen molar-refractivity contribution < 1.29 is 18.8 Å². The van der Waals surface area contributed by atoms with Gasteiger partial charge in [-0.25, -0.2) is 0 Å². The Bertz CT molecular complexity index is 911. The summed E-state index contributed by atoms with van der Waals surface area (Å²) in [6, 6.07) is 18.9. The summed E-state index contributed by atoms with van der Waals surface area (Å²) in [6.45, 7) is 8.22. The maximum atomic E-state index is 12.9. The van der Waals surface area contributed by atoms with Crippen LogP contribution in [0.3, 0.4) is 0 Å².